The minimum Gasteiger partial charge on any atom is -0.371 e. The lowest BCUT2D eigenvalue weighted by molar-refractivity contribution is -0.384. The predicted octanol–water partition coefficient (Wildman–Crippen LogP) is 4.23. The van der Waals surface area contributed by atoms with Crippen LogP contribution in [0.3, 0.4) is 0 Å². The molecule has 0 unspecified atom stereocenters. The molecular formula is C24H28N4O4. The van der Waals surface area contributed by atoms with E-state index in [2.05, 4.69) is 15.5 Å². The number of carbonyl (C=O) groups is 2. The van der Waals surface area contributed by atoms with Crippen molar-refractivity contribution in [3.63, 3.8) is 0 Å². The van der Waals surface area contributed by atoms with Gasteiger partial charge in [-0.1, -0.05) is 13.8 Å². The highest BCUT2D eigenvalue weighted by molar-refractivity contribution is 6.05. The molecule has 0 aliphatic carbocycles. The first kappa shape index (κ1) is 23.0. The number of benzene rings is 2. The Hall–Kier alpha value is -3.68. The number of hydrogen-bond acceptors (Lipinski definition) is 5. The number of amides is 2. The summed E-state index contributed by atoms with van der Waals surface area (Å²) in [7, 11) is 0. The SMILES string of the molecule is CC(C)CNC(=O)c1cc(NC(=O)C=Cc2ccc([N+](=O)[O-])cc2)ccc1N1CCCC1. The van der Waals surface area contributed by atoms with Gasteiger partial charge in [0.1, 0.15) is 0 Å². The Bertz CT molecular complexity index is 1010. The number of anilines is 2. The summed E-state index contributed by atoms with van der Waals surface area (Å²) in [5.74, 6) is -0.175. The van der Waals surface area contributed by atoms with E-state index in [-0.39, 0.29) is 17.5 Å². The van der Waals surface area contributed by atoms with Gasteiger partial charge in [-0.2, -0.15) is 0 Å². The smallest absolute Gasteiger partial charge is 0.269 e. The van der Waals surface area contributed by atoms with Crippen LogP contribution in [0.25, 0.3) is 6.08 Å². The molecule has 0 radical (unpaired) electrons. The van der Waals surface area contributed by atoms with Crippen LogP contribution in [0, 0.1) is 16.0 Å². The van der Waals surface area contributed by atoms with Gasteiger partial charge in [0.2, 0.25) is 5.91 Å². The van der Waals surface area contributed by atoms with Gasteiger partial charge in [-0.3, -0.25) is 19.7 Å². The van der Waals surface area contributed by atoms with E-state index in [4.69, 9.17) is 0 Å². The molecule has 8 nitrogen and oxygen atoms in total. The van der Waals surface area contributed by atoms with Crippen LogP contribution >= 0.6 is 0 Å². The molecule has 0 bridgehead atoms. The fourth-order valence-electron chi connectivity index (χ4n) is 3.48. The van der Waals surface area contributed by atoms with E-state index in [0.717, 1.165) is 31.6 Å². The Morgan fingerprint density at radius 3 is 2.44 bits per heavy atom. The third-order valence-electron chi connectivity index (χ3n) is 5.16. The molecule has 1 aliphatic heterocycles. The van der Waals surface area contributed by atoms with Crippen molar-refractivity contribution in [2.45, 2.75) is 26.7 Å². The van der Waals surface area contributed by atoms with E-state index in [9.17, 15) is 19.7 Å². The molecule has 32 heavy (non-hydrogen) atoms. The highest BCUT2D eigenvalue weighted by Crippen LogP contribution is 2.27. The second kappa shape index (κ2) is 10.6. The molecule has 1 aliphatic rings. The number of nitrogens with zero attached hydrogens (tertiary/aromatic N) is 2. The molecule has 0 atom stereocenters. The van der Waals surface area contributed by atoms with E-state index < -0.39 is 4.92 Å². The highest BCUT2D eigenvalue weighted by atomic mass is 16.6. The monoisotopic (exact) mass is 436 g/mol. The van der Waals surface area contributed by atoms with Crippen molar-refractivity contribution in [1.29, 1.82) is 0 Å². The standard InChI is InChI=1S/C24H28N4O4/c1-17(2)16-25-24(30)21-15-19(8-11-22(21)27-13-3-4-14-27)26-23(29)12-7-18-5-9-20(10-6-18)28(31)32/h5-12,15,17H,3-4,13-14,16H2,1-2H3,(H,25,30)(H,26,29). The molecule has 2 amide bonds. The zero-order valence-electron chi connectivity index (χ0n) is 18.3. The van der Waals surface area contributed by atoms with E-state index >= 15 is 0 Å². The lowest BCUT2D eigenvalue weighted by Crippen LogP contribution is -2.30. The molecule has 2 N–H and O–H groups in total. The summed E-state index contributed by atoms with van der Waals surface area (Å²) in [4.78, 5) is 37.7. The minimum atomic E-state index is -0.471. The van der Waals surface area contributed by atoms with Gasteiger partial charge in [-0.05, 0) is 60.7 Å². The van der Waals surface area contributed by atoms with Crippen molar-refractivity contribution < 1.29 is 14.5 Å². The lowest BCUT2D eigenvalue weighted by atomic mass is 10.1. The quantitative estimate of drug-likeness (QED) is 0.366. The first-order chi connectivity index (χ1) is 15.3. The van der Waals surface area contributed by atoms with Crippen LogP contribution in [0.2, 0.25) is 0 Å². The number of carbonyl (C=O) groups excluding carboxylic acids is 2. The average molecular weight is 437 g/mol. The molecule has 8 heteroatoms. The number of nitro benzene ring substituents is 1. The van der Waals surface area contributed by atoms with Crippen LogP contribution < -0.4 is 15.5 Å². The first-order valence-electron chi connectivity index (χ1n) is 10.7. The fraction of sp³-hybridized carbons (Fsp3) is 0.333. The summed E-state index contributed by atoms with van der Waals surface area (Å²) >= 11 is 0. The summed E-state index contributed by atoms with van der Waals surface area (Å²) in [6.45, 7) is 6.47. The topological polar surface area (TPSA) is 105 Å². The molecule has 1 heterocycles. The maximum Gasteiger partial charge on any atom is 0.269 e. The maximum atomic E-state index is 12.8. The van der Waals surface area contributed by atoms with Crippen molar-refractivity contribution in [3.8, 4) is 0 Å². The van der Waals surface area contributed by atoms with Crippen LogP contribution in [0.1, 0.15) is 42.6 Å². The normalized spacial score (nSPS) is 13.5. The Morgan fingerprint density at radius 1 is 1.12 bits per heavy atom. The summed E-state index contributed by atoms with van der Waals surface area (Å²) in [5, 5.41) is 16.5. The Balaban J connectivity index is 1.73. The molecule has 2 aromatic carbocycles. The Morgan fingerprint density at radius 2 is 1.81 bits per heavy atom. The number of nitro groups is 1. The van der Waals surface area contributed by atoms with Gasteiger partial charge in [-0.15, -0.1) is 0 Å². The van der Waals surface area contributed by atoms with Gasteiger partial charge in [-0.25, -0.2) is 0 Å². The van der Waals surface area contributed by atoms with Gasteiger partial charge < -0.3 is 15.5 Å². The highest BCUT2D eigenvalue weighted by Gasteiger charge is 2.20. The maximum absolute atomic E-state index is 12.8. The van der Waals surface area contributed by atoms with Crippen molar-refractivity contribution in [3.05, 3.63) is 69.8 Å². The average Bonchev–Trinajstić information content (AvgIpc) is 3.31. The van der Waals surface area contributed by atoms with Crippen molar-refractivity contribution >= 4 is 35.0 Å². The van der Waals surface area contributed by atoms with Crippen molar-refractivity contribution in [2.75, 3.05) is 29.9 Å². The predicted molar refractivity (Wildman–Crippen MR) is 126 cm³/mol. The third-order valence-corrected chi connectivity index (χ3v) is 5.16. The lowest BCUT2D eigenvalue weighted by Gasteiger charge is -2.22. The first-order valence-corrected chi connectivity index (χ1v) is 10.7. The molecule has 1 saturated heterocycles. The van der Waals surface area contributed by atoms with Crippen molar-refractivity contribution in [1.82, 2.24) is 5.32 Å². The summed E-state index contributed by atoms with van der Waals surface area (Å²) in [6, 6.07) is 11.3. The summed E-state index contributed by atoms with van der Waals surface area (Å²) in [6.07, 6.45) is 5.12. The van der Waals surface area contributed by atoms with Gasteiger partial charge in [0, 0.05) is 49.2 Å². The van der Waals surface area contributed by atoms with Gasteiger partial charge in [0.05, 0.1) is 10.5 Å². The minimum absolute atomic E-state index is 0.00651. The molecular weight excluding hydrogens is 408 g/mol. The van der Waals surface area contributed by atoms with Crippen LogP contribution in [-0.2, 0) is 4.79 Å². The van der Waals surface area contributed by atoms with Crippen LogP contribution in [0.15, 0.2) is 48.5 Å². The summed E-state index contributed by atoms with van der Waals surface area (Å²) in [5.41, 5.74) is 2.62. The van der Waals surface area contributed by atoms with E-state index in [1.807, 2.05) is 19.9 Å². The van der Waals surface area contributed by atoms with Crippen molar-refractivity contribution in [2.24, 2.45) is 5.92 Å². The second-order valence-electron chi connectivity index (χ2n) is 8.20. The number of hydrogen-bond donors (Lipinski definition) is 2. The van der Waals surface area contributed by atoms with E-state index in [1.54, 1.807) is 30.3 Å². The Labute approximate surface area is 187 Å². The molecule has 2 aromatic rings. The van der Waals surface area contributed by atoms with Crippen LogP contribution in [0.4, 0.5) is 17.1 Å². The molecule has 0 spiro atoms. The number of nitrogens with one attached hydrogen (secondary N) is 2. The Kier molecular flexibility index (Phi) is 7.59. The van der Waals surface area contributed by atoms with Crippen LogP contribution in [-0.4, -0.2) is 36.4 Å². The fourth-order valence-corrected chi connectivity index (χ4v) is 3.48. The van der Waals surface area contributed by atoms with E-state index in [1.165, 1.54) is 18.2 Å². The van der Waals surface area contributed by atoms with Gasteiger partial charge >= 0.3 is 0 Å². The molecule has 168 valence electrons. The van der Waals surface area contributed by atoms with E-state index in [0.29, 0.717) is 29.3 Å². The van der Waals surface area contributed by atoms with Gasteiger partial charge in [0.15, 0.2) is 0 Å². The molecule has 0 saturated carbocycles. The summed E-state index contributed by atoms with van der Waals surface area (Å²) < 4.78 is 0. The molecule has 1 fully saturated rings. The van der Waals surface area contributed by atoms with Gasteiger partial charge in [0.25, 0.3) is 11.6 Å². The third kappa shape index (κ3) is 6.16. The van der Waals surface area contributed by atoms with Crippen LogP contribution in [0.5, 0.6) is 0 Å². The zero-order valence-corrected chi connectivity index (χ0v) is 18.3. The molecule has 0 aromatic heterocycles. The number of rotatable bonds is 8. The zero-order chi connectivity index (χ0) is 23.1. The number of non-ortho nitro benzene ring substituents is 1. The largest absolute Gasteiger partial charge is 0.371 e. The molecule has 3 rings (SSSR count). The second-order valence-corrected chi connectivity index (χ2v) is 8.20.